The van der Waals surface area contributed by atoms with Crippen LogP contribution in [-0.2, 0) is 12.8 Å². The van der Waals surface area contributed by atoms with Crippen LogP contribution in [0.3, 0.4) is 0 Å². The number of allylic oxidation sites excluding steroid dienone is 3. The highest BCUT2D eigenvalue weighted by Crippen LogP contribution is 2.33. The number of hydrogen-bond donors (Lipinski definition) is 1. The van der Waals surface area contributed by atoms with Gasteiger partial charge in [0.2, 0.25) is 0 Å². The number of rotatable bonds is 6. The highest BCUT2D eigenvalue weighted by molar-refractivity contribution is 5.30. The second kappa shape index (κ2) is 10.5. The van der Waals surface area contributed by atoms with E-state index in [1.165, 1.54) is 55.3 Å². The quantitative estimate of drug-likeness (QED) is 0.565. The van der Waals surface area contributed by atoms with E-state index in [1.54, 1.807) is 0 Å². The fraction of sp³-hybridized carbons (Fsp3) is 0.467. The standard InChI is InChI=1S/C30H38N2O/c33-30-12-11-28(31-17-13-26(14-18-31)21-24-7-3-1-4-8-24)23-29(30)32-19-15-27(16-20-32)22-25-9-5-2-6-10-25/h1-10,23,26-27,33H,11-22H2. The van der Waals surface area contributed by atoms with Crippen LogP contribution < -0.4 is 0 Å². The van der Waals surface area contributed by atoms with E-state index in [0.717, 1.165) is 56.6 Å². The average molecular weight is 443 g/mol. The molecule has 174 valence electrons. The lowest BCUT2D eigenvalue weighted by Crippen LogP contribution is -2.37. The Balaban J connectivity index is 1.15. The summed E-state index contributed by atoms with van der Waals surface area (Å²) in [6, 6.07) is 21.8. The van der Waals surface area contributed by atoms with Gasteiger partial charge in [-0.1, -0.05) is 60.7 Å². The fourth-order valence-corrected chi connectivity index (χ4v) is 5.91. The zero-order valence-corrected chi connectivity index (χ0v) is 19.8. The van der Waals surface area contributed by atoms with E-state index in [1.807, 2.05) is 0 Å². The summed E-state index contributed by atoms with van der Waals surface area (Å²) in [7, 11) is 0. The van der Waals surface area contributed by atoms with Crippen LogP contribution in [0.4, 0.5) is 0 Å². The van der Waals surface area contributed by atoms with Crippen LogP contribution in [0.25, 0.3) is 0 Å². The van der Waals surface area contributed by atoms with Crippen LogP contribution in [0.2, 0.25) is 0 Å². The summed E-state index contributed by atoms with van der Waals surface area (Å²) >= 11 is 0. The van der Waals surface area contributed by atoms with Crippen LogP contribution in [-0.4, -0.2) is 41.1 Å². The number of aliphatic hydroxyl groups excluding tert-OH is 1. The van der Waals surface area contributed by atoms with Crippen molar-refractivity contribution in [3.05, 3.63) is 95.0 Å². The van der Waals surface area contributed by atoms with E-state index in [-0.39, 0.29) is 0 Å². The second-order valence-corrected chi connectivity index (χ2v) is 10.2. The van der Waals surface area contributed by atoms with Crippen LogP contribution in [0.1, 0.15) is 49.7 Å². The predicted octanol–water partition coefficient (Wildman–Crippen LogP) is 6.34. The average Bonchev–Trinajstić information content (AvgIpc) is 2.87. The van der Waals surface area contributed by atoms with E-state index < -0.39 is 0 Å². The molecule has 1 aliphatic carbocycles. The number of nitrogens with zero attached hydrogens (tertiary/aromatic N) is 2. The van der Waals surface area contributed by atoms with Crippen molar-refractivity contribution in [2.24, 2.45) is 11.8 Å². The maximum absolute atomic E-state index is 10.7. The summed E-state index contributed by atoms with van der Waals surface area (Å²) in [5.74, 6) is 2.14. The molecule has 0 bridgehead atoms. The van der Waals surface area contributed by atoms with Gasteiger partial charge in [-0.25, -0.2) is 0 Å². The number of hydrogen-bond acceptors (Lipinski definition) is 3. The molecule has 3 nitrogen and oxygen atoms in total. The molecule has 0 spiro atoms. The molecule has 0 aromatic heterocycles. The van der Waals surface area contributed by atoms with Gasteiger partial charge in [0.15, 0.2) is 0 Å². The van der Waals surface area contributed by atoms with Crippen molar-refractivity contribution in [3.63, 3.8) is 0 Å². The summed E-state index contributed by atoms with van der Waals surface area (Å²) < 4.78 is 0. The van der Waals surface area contributed by atoms with Gasteiger partial charge in [-0.2, -0.15) is 0 Å². The van der Waals surface area contributed by atoms with Gasteiger partial charge < -0.3 is 14.9 Å². The molecule has 2 saturated heterocycles. The predicted molar refractivity (Wildman–Crippen MR) is 136 cm³/mol. The van der Waals surface area contributed by atoms with Crippen molar-refractivity contribution in [2.45, 2.75) is 51.4 Å². The Morgan fingerprint density at radius 1 is 0.636 bits per heavy atom. The SMILES string of the molecule is OC1=C(N2CCC(Cc3ccccc3)CC2)C=C(N2CCC(Cc3ccccc3)CC2)CC1. The first-order chi connectivity index (χ1) is 16.2. The second-order valence-electron chi connectivity index (χ2n) is 10.2. The smallest absolute Gasteiger partial charge is 0.116 e. The number of piperidine rings is 2. The zero-order valence-electron chi connectivity index (χ0n) is 19.8. The van der Waals surface area contributed by atoms with E-state index in [9.17, 15) is 5.11 Å². The molecule has 5 rings (SSSR count). The molecule has 0 amide bonds. The highest BCUT2D eigenvalue weighted by atomic mass is 16.3. The van der Waals surface area contributed by atoms with Gasteiger partial charge in [-0.3, -0.25) is 0 Å². The summed E-state index contributed by atoms with van der Waals surface area (Å²) in [6.07, 6.45) is 11.4. The number of benzene rings is 2. The Labute approximate surface area is 199 Å². The van der Waals surface area contributed by atoms with Crippen LogP contribution in [0, 0.1) is 11.8 Å². The lowest BCUT2D eigenvalue weighted by atomic mass is 9.88. The van der Waals surface area contributed by atoms with Crippen molar-refractivity contribution in [1.29, 1.82) is 0 Å². The van der Waals surface area contributed by atoms with Crippen molar-refractivity contribution in [3.8, 4) is 0 Å². The Morgan fingerprint density at radius 2 is 1.12 bits per heavy atom. The Morgan fingerprint density at radius 3 is 1.64 bits per heavy atom. The normalized spacial score (nSPS) is 20.8. The third kappa shape index (κ3) is 5.63. The molecule has 0 saturated carbocycles. The van der Waals surface area contributed by atoms with Gasteiger partial charge in [-0.05, 0) is 74.0 Å². The lowest BCUT2D eigenvalue weighted by molar-refractivity contribution is 0.200. The molecule has 2 aromatic rings. The van der Waals surface area contributed by atoms with E-state index in [4.69, 9.17) is 0 Å². The van der Waals surface area contributed by atoms with E-state index in [0.29, 0.717) is 5.76 Å². The largest absolute Gasteiger partial charge is 0.510 e. The summed E-state index contributed by atoms with van der Waals surface area (Å²) in [5, 5.41) is 10.7. The molecule has 2 aromatic carbocycles. The molecule has 0 unspecified atom stereocenters. The molecule has 2 aliphatic heterocycles. The first kappa shape index (κ1) is 22.1. The van der Waals surface area contributed by atoms with Crippen molar-refractivity contribution in [2.75, 3.05) is 26.2 Å². The molecule has 2 heterocycles. The van der Waals surface area contributed by atoms with Crippen molar-refractivity contribution in [1.82, 2.24) is 9.80 Å². The fourth-order valence-electron chi connectivity index (χ4n) is 5.91. The van der Waals surface area contributed by atoms with E-state index >= 15 is 0 Å². The minimum Gasteiger partial charge on any atom is -0.510 e. The van der Waals surface area contributed by atoms with Crippen LogP contribution in [0.5, 0.6) is 0 Å². The van der Waals surface area contributed by atoms with Crippen molar-refractivity contribution < 1.29 is 5.11 Å². The van der Waals surface area contributed by atoms with Gasteiger partial charge in [0.25, 0.3) is 0 Å². The number of likely N-dealkylation sites (tertiary alicyclic amines) is 2. The van der Waals surface area contributed by atoms with Crippen LogP contribution in [0.15, 0.2) is 83.9 Å². The topological polar surface area (TPSA) is 26.7 Å². The molecule has 3 heteroatoms. The highest BCUT2D eigenvalue weighted by Gasteiger charge is 2.27. The van der Waals surface area contributed by atoms with Gasteiger partial charge in [-0.15, -0.1) is 0 Å². The summed E-state index contributed by atoms with van der Waals surface area (Å²) in [4.78, 5) is 5.04. The Bertz CT molecular complexity index is 949. The van der Waals surface area contributed by atoms with Gasteiger partial charge in [0.05, 0.1) is 5.70 Å². The molecule has 33 heavy (non-hydrogen) atoms. The number of aliphatic hydroxyl groups is 1. The maximum Gasteiger partial charge on any atom is 0.116 e. The molecular weight excluding hydrogens is 404 g/mol. The lowest BCUT2D eigenvalue weighted by Gasteiger charge is -2.39. The molecule has 0 radical (unpaired) electrons. The first-order valence-corrected chi connectivity index (χ1v) is 12.9. The molecule has 2 fully saturated rings. The van der Waals surface area contributed by atoms with Gasteiger partial charge in [0, 0.05) is 38.3 Å². The minimum atomic E-state index is 0.597. The molecular formula is C30H38N2O. The Kier molecular flexibility index (Phi) is 7.04. The van der Waals surface area contributed by atoms with Crippen LogP contribution >= 0.6 is 0 Å². The third-order valence-electron chi connectivity index (χ3n) is 7.93. The first-order valence-electron chi connectivity index (χ1n) is 12.9. The third-order valence-corrected chi connectivity index (χ3v) is 7.93. The molecule has 0 atom stereocenters. The van der Waals surface area contributed by atoms with Gasteiger partial charge >= 0.3 is 0 Å². The Hall–Kier alpha value is -2.68. The monoisotopic (exact) mass is 442 g/mol. The molecule has 3 aliphatic rings. The zero-order chi connectivity index (χ0) is 22.5. The van der Waals surface area contributed by atoms with Gasteiger partial charge in [0.1, 0.15) is 5.76 Å². The minimum absolute atomic E-state index is 0.597. The van der Waals surface area contributed by atoms with Crippen molar-refractivity contribution >= 4 is 0 Å². The maximum atomic E-state index is 10.7. The summed E-state index contributed by atoms with van der Waals surface area (Å²) in [6.45, 7) is 4.41. The summed E-state index contributed by atoms with van der Waals surface area (Å²) in [5.41, 5.74) is 5.46. The van der Waals surface area contributed by atoms with E-state index in [2.05, 4.69) is 76.5 Å². The molecule has 1 N–H and O–H groups in total.